The van der Waals surface area contributed by atoms with E-state index in [9.17, 15) is 0 Å². The zero-order valence-corrected chi connectivity index (χ0v) is 11.2. The Hall–Kier alpha value is -0.800. The summed E-state index contributed by atoms with van der Waals surface area (Å²) >= 11 is 5.96. The zero-order chi connectivity index (χ0) is 12.6. The Kier molecular flexibility index (Phi) is 3.20. The van der Waals surface area contributed by atoms with Crippen LogP contribution in [0.2, 0.25) is 5.02 Å². The van der Waals surface area contributed by atoms with Crippen LogP contribution in [0.4, 0.5) is 5.82 Å². The van der Waals surface area contributed by atoms with Gasteiger partial charge in [-0.25, -0.2) is 4.98 Å². The molecule has 0 amide bonds. The molecule has 1 aromatic heterocycles. The fraction of sp³-hybridized carbons (Fsp3) is 0.643. The van der Waals surface area contributed by atoms with Crippen molar-refractivity contribution in [2.45, 2.75) is 56.7 Å². The van der Waals surface area contributed by atoms with Crippen molar-refractivity contribution < 1.29 is 4.74 Å². The van der Waals surface area contributed by atoms with Crippen LogP contribution in [0.3, 0.4) is 0 Å². The van der Waals surface area contributed by atoms with E-state index in [0.717, 1.165) is 18.4 Å². The maximum absolute atomic E-state index is 6.28. The molecular formula is C14H19ClN2O. The third-order valence-corrected chi connectivity index (χ3v) is 4.48. The SMILES string of the molecule is Nc1ncc(Cl)cc1CC1CCC2(CCCC2)O1. The highest BCUT2D eigenvalue weighted by Gasteiger charge is 2.42. The average molecular weight is 267 g/mol. The molecular weight excluding hydrogens is 248 g/mol. The lowest BCUT2D eigenvalue weighted by Gasteiger charge is -2.24. The molecule has 18 heavy (non-hydrogen) atoms. The lowest BCUT2D eigenvalue weighted by atomic mass is 9.97. The van der Waals surface area contributed by atoms with E-state index in [4.69, 9.17) is 22.1 Å². The first-order valence-electron chi connectivity index (χ1n) is 6.75. The Morgan fingerprint density at radius 1 is 1.39 bits per heavy atom. The molecule has 1 aliphatic heterocycles. The molecule has 2 N–H and O–H groups in total. The minimum absolute atomic E-state index is 0.186. The minimum atomic E-state index is 0.186. The van der Waals surface area contributed by atoms with Crippen molar-refractivity contribution in [3.63, 3.8) is 0 Å². The Labute approximate surface area is 113 Å². The number of pyridine rings is 1. The fourth-order valence-corrected chi connectivity index (χ4v) is 3.51. The second-order valence-electron chi connectivity index (χ2n) is 5.57. The van der Waals surface area contributed by atoms with Gasteiger partial charge in [0.2, 0.25) is 0 Å². The number of hydrogen-bond acceptors (Lipinski definition) is 3. The maximum Gasteiger partial charge on any atom is 0.126 e. The van der Waals surface area contributed by atoms with Crippen LogP contribution in [-0.4, -0.2) is 16.7 Å². The van der Waals surface area contributed by atoms with Gasteiger partial charge in [0.15, 0.2) is 0 Å². The lowest BCUT2D eigenvalue weighted by molar-refractivity contribution is -0.0354. The number of rotatable bonds is 2. The van der Waals surface area contributed by atoms with Gasteiger partial charge in [-0.05, 0) is 37.3 Å². The van der Waals surface area contributed by atoms with Crippen molar-refractivity contribution in [1.29, 1.82) is 0 Å². The molecule has 4 heteroatoms. The summed E-state index contributed by atoms with van der Waals surface area (Å²) < 4.78 is 6.28. The second-order valence-corrected chi connectivity index (χ2v) is 6.01. The minimum Gasteiger partial charge on any atom is -0.383 e. The average Bonchev–Trinajstić information content (AvgIpc) is 2.95. The first kappa shape index (κ1) is 12.2. The Balaban J connectivity index is 1.69. The molecule has 1 saturated heterocycles. The predicted octanol–water partition coefficient (Wildman–Crippen LogP) is 3.35. The highest BCUT2D eigenvalue weighted by molar-refractivity contribution is 6.30. The van der Waals surface area contributed by atoms with Gasteiger partial charge in [-0.2, -0.15) is 0 Å². The van der Waals surface area contributed by atoms with Crippen LogP contribution < -0.4 is 5.73 Å². The molecule has 3 nitrogen and oxygen atoms in total. The molecule has 2 fully saturated rings. The third kappa shape index (κ3) is 2.34. The molecule has 2 heterocycles. The molecule has 1 spiro atoms. The van der Waals surface area contributed by atoms with E-state index in [1.165, 1.54) is 32.1 Å². The summed E-state index contributed by atoms with van der Waals surface area (Å²) in [6, 6.07) is 1.91. The van der Waals surface area contributed by atoms with E-state index in [1.54, 1.807) is 6.20 Å². The van der Waals surface area contributed by atoms with Crippen LogP contribution in [0.15, 0.2) is 12.3 Å². The number of halogens is 1. The van der Waals surface area contributed by atoms with Crippen molar-refractivity contribution in [2.24, 2.45) is 0 Å². The quantitative estimate of drug-likeness (QED) is 0.893. The summed E-state index contributed by atoms with van der Waals surface area (Å²) in [7, 11) is 0. The molecule has 1 aromatic rings. The van der Waals surface area contributed by atoms with Crippen LogP contribution in [0.1, 0.15) is 44.1 Å². The Bertz CT molecular complexity index is 443. The smallest absolute Gasteiger partial charge is 0.126 e. The molecule has 1 aliphatic carbocycles. The van der Waals surface area contributed by atoms with Crippen LogP contribution >= 0.6 is 11.6 Å². The van der Waals surface area contributed by atoms with Crippen LogP contribution in [0.5, 0.6) is 0 Å². The van der Waals surface area contributed by atoms with Crippen LogP contribution in [0, 0.1) is 0 Å². The largest absolute Gasteiger partial charge is 0.383 e. The third-order valence-electron chi connectivity index (χ3n) is 4.27. The van der Waals surface area contributed by atoms with E-state index in [-0.39, 0.29) is 11.7 Å². The number of anilines is 1. The molecule has 98 valence electrons. The van der Waals surface area contributed by atoms with Gasteiger partial charge in [-0.3, -0.25) is 0 Å². The molecule has 0 radical (unpaired) electrons. The van der Waals surface area contributed by atoms with Crippen molar-refractivity contribution in [1.82, 2.24) is 4.98 Å². The summed E-state index contributed by atoms with van der Waals surface area (Å²) in [4.78, 5) is 4.10. The van der Waals surface area contributed by atoms with E-state index in [1.807, 2.05) is 6.07 Å². The lowest BCUT2D eigenvalue weighted by Crippen LogP contribution is -2.25. The molecule has 1 saturated carbocycles. The van der Waals surface area contributed by atoms with E-state index >= 15 is 0 Å². The van der Waals surface area contributed by atoms with Crippen molar-refractivity contribution >= 4 is 17.4 Å². The molecule has 0 aromatic carbocycles. The van der Waals surface area contributed by atoms with Gasteiger partial charge in [-0.1, -0.05) is 24.4 Å². The number of nitrogens with zero attached hydrogens (tertiary/aromatic N) is 1. The van der Waals surface area contributed by atoms with Crippen molar-refractivity contribution in [2.75, 3.05) is 5.73 Å². The van der Waals surface area contributed by atoms with Crippen molar-refractivity contribution in [3.05, 3.63) is 22.8 Å². The van der Waals surface area contributed by atoms with Crippen LogP contribution in [-0.2, 0) is 11.2 Å². The molecule has 0 bridgehead atoms. The highest BCUT2D eigenvalue weighted by atomic mass is 35.5. The molecule has 1 unspecified atom stereocenters. The van der Waals surface area contributed by atoms with Gasteiger partial charge < -0.3 is 10.5 Å². The summed E-state index contributed by atoms with van der Waals surface area (Å²) in [5, 5.41) is 0.646. The molecule has 2 aliphatic rings. The fourth-order valence-electron chi connectivity index (χ4n) is 3.33. The van der Waals surface area contributed by atoms with Gasteiger partial charge in [0.1, 0.15) is 5.82 Å². The highest BCUT2D eigenvalue weighted by Crippen LogP contribution is 2.44. The first-order chi connectivity index (χ1) is 8.67. The summed E-state index contributed by atoms with van der Waals surface area (Å²) in [5.74, 6) is 0.579. The zero-order valence-electron chi connectivity index (χ0n) is 10.5. The standard InChI is InChI=1S/C14H19ClN2O/c15-11-7-10(13(16)17-9-11)8-12-3-6-14(18-12)4-1-2-5-14/h7,9,12H,1-6,8H2,(H2,16,17). The topological polar surface area (TPSA) is 48.1 Å². The van der Waals surface area contributed by atoms with E-state index in [0.29, 0.717) is 10.8 Å². The number of nitrogens with two attached hydrogens (primary N) is 1. The van der Waals surface area contributed by atoms with E-state index in [2.05, 4.69) is 4.98 Å². The van der Waals surface area contributed by atoms with Crippen molar-refractivity contribution in [3.8, 4) is 0 Å². The number of aromatic nitrogens is 1. The monoisotopic (exact) mass is 266 g/mol. The predicted molar refractivity (Wildman–Crippen MR) is 72.7 cm³/mol. The second kappa shape index (κ2) is 4.71. The van der Waals surface area contributed by atoms with Crippen LogP contribution in [0.25, 0.3) is 0 Å². The van der Waals surface area contributed by atoms with Gasteiger partial charge in [0, 0.05) is 12.6 Å². The summed E-state index contributed by atoms with van der Waals surface area (Å²) in [6.07, 6.45) is 10.1. The molecule has 1 atom stereocenters. The number of hydrogen-bond donors (Lipinski definition) is 1. The van der Waals surface area contributed by atoms with Gasteiger partial charge in [-0.15, -0.1) is 0 Å². The summed E-state index contributed by atoms with van der Waals surface area (Å²) in [5.41, 5.74) is 7.09. The Morgan fingerprint density at radius 2 is 2.17 bits per heavy atom. The Morgan fingerprint density at radius 3 is 2.94 bits per heavy atom. The maximum atomic E-state index is 6.28. The van der Waals surface area contributed by atoms with E-state index < -0.39 is 0 Å². The first-order valence-corrected chi connectivity index (χ1v) is 7.12. The van der Waals surface area contributed by atoms with Gasteiger partial charge in [0.05, 0.1) is 16.7 Å². The van der Waals surface area contributed by atoms with Gasteiger partial charge >= 0.3 is 0 Å². The van der Waals surface area contributed by atoms with Gasteiger partial charge in [0.25, 0.3) is 0 Å². The summed E-state index contributed by atoms with van der Waals surface area (Å²) in [6.45, 7) is 0. The normalized spacial score (nSPS) is 25.9. The number of nitrogen functional groups attached to an aromatic ring is 1. The molecule has 3 rings (SSSR count). The number of ether oxygens (including phenoxy) is 1.